The summed E-state index contributed by atoms with van der Waals surface area (Å²) < 4.78 is 5.58. The van der Waals surface area contributed by atoms with Crippen molar-refractivity contribution in [2.45, 2.75) is 52.1 Å². The molecule has 0 radical (unpaired) electrons. The van der Waals surface area contributed by atoms with E-state index in [1.807, 2.05) is 19.1 Å². The molecule has 1 aromatic carbocycles. The van der Waals surface area contributed by atoms with E-state index in [-0.39, 0.29) is 11.7 Å². The first-order valence-corrected chi connectivity index (χ1v) is 6.08. The van der Waals surface area contributed by atoms with Gasteiger partial charge in [0.1, 0.15) is 0 Å². The molecule has 1 fully saturated rings. The van der Waals surface area contributed by atoms with Crippen molar-refractivity contribution in [3.8, 4) is 0 Å². The summed E-state index contributed by atoms with van der Waals surface area (Å²) in [5.41, 5.74) is 2.46. The predicted octanol–water partition coefficient (Wildman–Crippen LogP) is 3.70. The summed E-state index contributed by atoms with van der Waals surface area (Å²) in [5.74, 6) is 0. The highest BCUT2D eigenvalue weighted by Gasteiger charge is 2.28. The molecule has 0 aliphatic carbocycles. The summed E-state index contributed by atoms with van der Waals surface area (Å²) in [5, 5.41) is 0. The van der Waals surface area contributed by atoms with Gasteiger partial charge in [-0.1, -0.05) is 52.0 Å². The maximum absolute atomic E-state index is 5.58. The van der Waals surface area contributed by atoms with Crippen molar-refractivity contribution in [3.63, 3.8) is 0 Å². The topological polar surface area (TPSA) is 27.7 Å². The second kappa shape index (κ2) is 4.77. The Hall–Kier alpha value is -0.900. The van der Waals surface area contributed by atoms with Gasteiger partial charge in [0, 0.05) is 5.56 Å². The van der Waals surface area contributed by atoms with Crippen LogP contribution in [0, 0.1) is 0 Å². The molecule has 17 heavy (non-hydrogen) atoms. The van der Waals surface area contributed by atoms with Crippen LogP contribution in [0.4, 0.5) is 0 Å². The second-order valence-electron chi connectivity index (χ2n) is 5.37. The van der Waals surface area contributed by atoms with E-state index >= 15 is 0 Å². The molecule has 1 aliphatic heterocycles. The van der Waals surface area contributed by atoms with Crippen LogP contribution in [0.5, 0.6) is 0 Å². The summed E-state index contributed by atoms with van der Waals surface area (Å²) in [6.45, 7) is 8.58. The van der Waals surface area contributed by atoms with Crippen LogP contribution in [0.15, 0.2) is 24.3 Å². The molecule has 2 unspecified atom stereocenters. The van der Waals surface area contributed by atoms with Crippen molar-refractivity contribution in [1.82, 2.24) is 0 Å². The third-order valence-electron chi connectivity index (χ3n) is 2.91. The SMILES string of the molecule is CCC1OOC(c2ccc(C(C)(C)C)cc2)O1. The molecule has 0 spiro atoms. The van der Waals surface area contributed by atoms with Crippen LogP contribution in [0.2, 0.25) is 0 Å². The maximum Gasteiger partial charge on any atom is 0.220 e. The number of ether oxygens (including phenoxy) is 1. The summed E-state index contributed by atoms with van der Waals surface area (Å²) in [4.78, 5) is 10.2. The molecule has 2 atom stereocenters. The molecule has 0 bridgehead atoms. The van der Waals surface area contributed by atoms with Crippen molar-refractivity contribution < 1.29 is 14.5 Å². The van der Waals surface area contributed by atoms with Gasteiger partial charge in [0.15, 0.2) is 6.29 Å². The quantitative estimate of drug-likeness (QED) is 0.733. The summed E-state index contributed by atoms with van der Waals surface area (Å²) in [7, 11) is 0. The Morgan fingerprint density at radius 1 is 1.06 bits per heavy atom. The Morgan fingerprint density at radius 2 is 1.71 bits per heavy atom. The minimum absolute atomic E-state index is 0.165. The fraction of sp³-hybridized carbons (Fsp3) is 0.571. The van der Waals surface area contributed by atoms with Crippen molar-refractivity contribution in [2.75, 3.05) is 0 Å². The van der Waals surface area contributed by atoms with E-state index in [0.717, 1.165) is 12.0 Å². The van der Waals surface area contributed by atoms with Gasteiger partial charge in [-0.15, -0.1) is 0 Å². The molecule has 2 rings (SSSR count). The van der Waals surface area contributed by atoms with Crippen molar-refractivity contribution >= 4 is 0 Å². The normalized spacial score (nSPS) is 25.2. The Balaban J connectivity index is 2.09. The number of rotatable bonds is 2. The zero-order valence-electron chi connectivity index (χ0n) is 10.9. The van der Waals surface area contributed by atoms with Gasteiger partial charge in [0.2, 0.25) is 6.29 Å². The van der Waals surface area contributed by atoms with Gasteiger partial charge in [0.05, 0.1) is 0 Å². The second-order valence-corrected chi connectivity index (χ2v) is 5.37. The van der Waals surface area contributed by atoms with Gasteiger partial charge in [0.25, 0.3) is 0 Å². The Kier molecular flexibility index (Phi) is 3.52. The minimum Gasteiger partial charge on any atom is -0.313 e. The van der Waals surface area contributed by atoms with E-state index in [2.05, 4.69) is 32.9 Å². The summed E-state index contributed by atoms with van der Waals surface area (Å²) in [6.07, 6.45) is 0.146. The van der Waals surface area contributed by atoms with Crippen LogP contribution in [-0.2, 0) is 19.9 Å². The van der Waals surface area contributed by atoms with E-state index in [9.17, 15) is 0 Å². The van der Waals surface area contributed by atoms with Gasteiger partial charge < -0.3 is 4.74 Å². The molecular weight excluding hydrogens is 216 g/mol. The van der Waals surface area contributed by atoms with Crippen molar-refractivity contribution in [3.05, 3.63) is 35.4 Å². The van der Waals surface area contributed by atoms with Crippen LogP contribution >= 0.6 is 0 Å². The highest BCUT2D eigenvalue weighted by Crippen LogP contribution is 2.30. The first-order chi connectivity index (χ1) is 8.00. The van der Waals surface area contributed by atoms with E-state index in [4.69, 9.17) is 14.5 Å². The first-order valence-electron chi connectivity index (χ1n) is 6.08. The average Bonchev–Trinajstić information content (AvgIpc) is 2.76. The standard InChI is InChI=1S/C14H20O3/c1-5-12-15-13(17-16-12)10-6-8-11(9-7-10)14(2,3)4/h6-9,12-13H,5H2,1-4H3. The lowest BCUT2D eigenvalue weighted by Gasteiger charge is -2.19. The molecule has 0 N–H and O–H groups in total. The number of hydrogen-bond donors (Lipinski definition) is 0. The average molecular weight is 236 g/mol. The van der Waals surface area contributed by atoms with Crippen LogP contribution in [0.3, 0.4) is 0 Å². The van der Waals surface area contributed by atoms with E-state index in [1.165, 1.54) is 5.56 Å². The Morgan fingerprint density at radius 3 is 2.18 bits per heavy atom. The van der Waals surface area contributed by atoms with Crippen LogP contribution in [0.25, 0.3) is 0 Å². The smallest absolute Gasteiger partial charge is 0.220 e. The van der Waals surface area contributed by atoms with Crippen LogP contribution in [0.1, 0.15) is 51.5 Å². The lowest BCUT2D eigenvalue weighted by molar-refractivity contribution is -0.298. The first kappa shape index (κ1) is 12.6. The zero-order chi connectivity index (χ0) is 12.5. The summed E-state index contributed by atoms with van der Waals surface area (Å²) in [6, 6.07) is 8.29. The van der Waals surface area contributed by atoms with Crippen molar-refractivity contribution in [1.29, 1.82) is 0 Å². The molecule has 0 saturated carbocycles. The molecule has 3 nitrogen and oxygen atoms in total. The van der Waals surface area contributed by atoms with Crippen LogP contribution < -0.4 is 0 Å². The highest BCUT2D eigenvalue weighted by molar-refractivity contribution is 5.28. The van der Waals surface area contributed by atoms with Gasteiger partial charge in [-0.2, -0.15) is 4.89 Å². The van der Waals surface area contributed by atoms with Gasteiger partial charge in [-0.05, 0) is 17.4 Å². The monoisotopic (exact) mass is 236 g/mol. The lowest BCUT2D eigenvalue weighted by atomic mass is 9.87. The Bertz CT molecular complexity index is 364. The number of hydrogen-bond acceptors (Lipinski definition) is 3. The third kappa shape index (κ3) is 2.86. The molecule has 1 aromatic rings. The molecule has 1 heterocycles. The predicted molar refractivity (Wildman–Crippen MR) is 65.2 cm³/mol. The van der Waals surface area contributed by atoms with Gasteiger partial charge in [-0.3, -0.25) is 0 Å². The lowest BCUT2D eigenvalue weighted by Crippen LogP contribution is -2.11. The van der Waals surface area contributed by atoms with Gasteiger partial charge in [-0.25, -0.2) is 4.89 Å². The maximum atomic E-state index is 5.58. The van der Waals surface area contributed by atoms with E-state index < -0.39 is 6.29 Å². The largest absolute Gasteiger partial charge is 0.313 e. The minimum atomic E-state index is -0.394. The number of benzene rings is 1. The zero-order valence-corrected chi connectivity index (χ0v) is 10.9. The third-order valence-corrected chi connectivity index (χ3v) is 2.91. The van der Waals surface area contributed by atoms with E-state index in [1.54, 1.807) is 0 Å². The van der Waals surface area contributed by atoms with Gasteiger partial charge >= 0.3 is 0 Å². The fourth-order valence-electron chi connectivity index (χ4n) is 1.73. The molecule has 0 aromatic heterocycles. The summed E-state index contributed by atoms with van der Waals surface area (Å²) >= 11 is 0. The highest BCUT2D eigenvalue weighted by atomic mass is 17.3. The molecule has 1 aliphatic rings. The van der Waals surface area contributed by atoms with Crippen LogP contribution in [-0.4, -0.2) is 6.29 Å². The molecule has 94 valence electrons. The molecule has 3 heteroatoms. The molecular formula is C14H20O3. The molecule has 1 saturated heterocycles. The van der Waals surface area contributed by atoms with Crippen molar-refractivity contribution in [2.24, 2.45) is 0 Å². The van der Waals surface area contributed by atoms with E-state index in [0.29, 0.717) is 0 Å². The Labute approximate surface area is 103 Å². The fourth-order valence-corrected chi connectivity index (χ4v) is 1.73. The molecule has 0 amide bonds.